The topological polar surface area (TPSA) is 40.1 Å². The maximum atomic E-state index is 8.35. The molecule has 0 N–H and O–H groups in total. The summed E-state index contributed by atoms with van der Waals surface area (Å²) >= 11 is 0. The monoisotopic (exact) mass is 105 g/mol. The molecule has 0 aliphatic carbocycles. The summed E-state index contributed by atoms with van der Waals surface area (Å²) in [6, 6.07) is 0. The van der Waals surface area contributed by atoms with Crippen molar-refractivity contribution in [3.8, 4) is 0 Å². The van der Waals surface area contributed by atoms with E-state index in [2.05, 4.69) is 0 Å². The summed E-state index contributed by atoms with van der Waals surface area (Å²) in [7, 11) is -1.08. The van der Waals surface area contributed by atoms with Crippen LogP contribution in [0.2, 0.25) is 0 Å². The molecule has 0 unspecified atom stereocenters. The van der Waals surface area contributed by atoms with Gasteiger partial charge in [0.25, 0.3) is 0 Å². The van der Waals surface area contributed by atoms with Crippen molar-refractivity contribution in [2.75, 3.05) is 0 Å². The quantitative estimate of drug-likeness (QED) is 0.305. The van der Waals surface area contributed by atoms with E-state index in [4.69, 9.17) is 9.46 Å². The predicted octanol–water partition coefficient (Wildman–Crippen LogP) is -0.602. The van der Waals surface area contributed by atoms with E-state index < -0.39 is 8.69 Å². The summed E-state index contributed by atoms with van der Waals surface area (Å²) in [5.41, 5.74) is 0. The Balaban J connectivity index is -0.00000000667. The molecule has 2 nitrogen and oxygen atoms in total. The largest absolute Gasteiger partial charge is 2.00 e. The molecule has 0 fully saturated rings. The van der Waals surface area contributed by atoms with Crippen LogP contribution in [0.4, 0.5) is 0 Å². The van der Waals surface area contributed by atoms with Gasteiger partial charge in [0.15, 0.2) is 0 Å². The summed E-state index contributed by atoms with van der Waals surface area (Å²) in [4.78, 5) is 8.35. The molecule has 0 radical (unpaired) electrons. The second kappa shape index (κ2) is 8.85. The van der Waals surface area contributed by atoms with Crippen LogP contribution < -0.4 is 4.89 Å². The third-order valence-electron chi connectivity index (χ3n) is 0. The van der Waals surface area contributed by atoms with Crippen molar-refractivity contribution in [1.82, 2.24) is 0 Å². The Hall–Kier alpha value is 1.32. The van der Waals surface area contributed by atoms with E-state index in [0.29, 0.717) is 0 Å². The van der Waals surface area contributed by atoms with Crippen molar-refractivity contribution in [1.29, 1.82) is 0 Å². The summed E-state index contributed by atoms with van der Waals surface area (Å²) in [5.74, 6) is 0. The third-order valence-corrected chi connectivity index (χ3v) is 0. The molecule has 0 atom stereocenters. The molecule has 0 aromatic heterocycles. The Labute approximate surface area is 58.5 Å². The van der Waals surface area contributed by atoms with Gasteiger partial charge in [-0.3, -0.25) is 4.57 Å². The molecule has 0 spiro atoms. The fraction of sp³-hybridized carbons (Fsp3) is 0. The van der Waals surface area contributed by atoms with Gasteiger partial charge in [-0.1, -0.05) is 0 Å². The van der Waals surface area contributed by atoms with Crippen molar-refractivity contribution in [2.24, 2.45) is 0 Å². The third kappa shape index (κ3) is 10.3. The zero-order chi connectivity index (χ0) is 2.71. The molecule has 0 saturated carbocycles. The minimum Gasteiger partial charge on any atom is -0.772 e. The van der Waals surface area contributed by atoms with Crippen LogP contribution in [0.1, 0.15) is 2.85 Å². The Morgan fingerprint density at radius 1 is 2.00 bits per heavy atom. The standard InChI is InChI=1S/Ca.HO2P/c;1-3-2/h;(H,1,2)/q+2;/p+1. The molecular weight excluding hydrogens is 103 g/mol. The number of rotatable bonds is 0. The van der Waals surface area contributed by atoms with Crippen molar-refractivity contribution >= 4 is 46.4 Å². The van der Waals surface area contributed by atoms with Gasteiger partial charge >= 0.3 is 40.6 Å². The molecule has 0 aromatic carbocycles. The Morgan fingerprint density at radius 2 is 2.00 bits per heavy atom. The van der Waals surface area contributed by atoms with Crippen molar-refractivity contribution in [2.45, 2.75) is 0 Å². The van der Waals surface area contributed by atoms with E-state index in [-0.39, 0.29) is 40.6 Å². The van der Waals surface area contributed by atoms with Gasteiger partial charge in [0, 0.05) is 0 Å². The maximum Gasteiger partial charge on any atom is 2.00 e. The zero-order valence-corrected chi connectivity index (χ0v) is 5.07. The van der Waals surface area contributed by atoms with Crippen LogP contribution in [-0.2, 0) is 4.57 Å². The molecule has 0 saturated heterocycles. The average Bonchev–Trinajstić information content (AvgIpc) is 0.918. The summed E-state index contributed by atoms with van der Waals surface area (Å²) in [6.45, 7) is 0. The van der Waals surface area contributed by atoms with Crippen LogP contribution in [0.3, 0.4) is 0 Å². The SMILES string of the molecule is O=P[O-].[Ca+2].[H+].[H+]. The molecule has 4 heteroatoms. The van der Waals surface area contributed by atoms with Gasteiger partial charge in [0.05, 0.1) is 8.69 Å². The molecule has 0 amide bonds. The van der Waals surface area contributed by atoms with Crippen LogP contribution in [0, 0.1) is 0 Å². The molecule has 0 aliphatic heterocycles. The Kier molecular flexibility index (Phi) is 19.9. The summed E-state index contributed by atoms with van der Waals surface area (Å²) < 4.78 is 8.35. The van der Waals surface area contributed by atoms with Gasteiger partial charge in [0.2, 0.25) is 0 Å². The summed E-state index contributed by atoms with van der Waals surface area (Å²) in [5, 5.41) is 0. The van der Waals surface area contributed by atoms with Crippen molar-refractivity contribution in [3.05, 3.63) is 0 Å². The van der Waals surface area contributed by atoms with Gasteiger partial charge in [-0.15, -0.1) is 0 Å². The first-order valence-electron chi connectivity index (χ1n) is 0.365. The summed E-state index contributed by atoms with van der Waals surface area (Å²) in [6.07, 6.45) is 0. The first-order valence-corrected chi connectivity index (χ1v) is 1.10. The molecule has 0 rings (SSSR count). The smallest absolute Gasteiger partial charge is 0.772 e. The average molecular weight is 105 g/mol. The van der Waals surface area contributed by atoms with Crippen molar-refractivity contribution in [3.63, 3.8) is 0 Å². The van der Waals surface area contributed by atoms with Gasteiger partial charge < -0.3 is 4.89 Å². The van der Waals surface area contributed by atoms with Gasteiger partial charge in [-0.05, 0) is 0 Å². The van der Waals surface area contributed by atoms with E-state index in [1.165, 1.54) is 0 Å². The van der Waals surface area contributed by atoms with Crippen LogP contribution in [0.5, 0.6) is 0 Å². The second-order valence-electron chi connectivity index (χ2n) is 0.0745. The molecular formula is H2CaO2P+3. The van der Waals surface area contributed by atoms with Crippen LogP contribution in [0.15, 0.2) is 0 Å². The maximum absolute atomic E-state index is 8.35. The predicted molar refractivity (Wildman–Crippen MR) is 15.6 cm³/mol. The van der Waals surface area contributed by atoms with Crippen LogP contribution in [0.25, 0.3) is 0 Å². The number of hydrogen-bond acceptors (Lipinski definition) is 2. The molecule has 0 heterocycles. The van der Waals surface area contributed by atoms with E-state index in [0.717, 1.165) is 0 Å². The van der Waals surface area contributed by atoms with E-state index >= 15 is 0 Å². The normalized spacial score (nSPS) is 5.25. The Bertz CT molecular complexity index is 19.0. The van der Waals surface area contributed by atoms with Gasteiger partial charge in [-0.2, -0.15) is 0 Å². The number of hydrogen-bond donors (Lipinski definition) is 0. The second-order valence-corrected chi connectivity index (χ2v) is 0.224. The fourth-order valence-electron chi connectivity index (χ4n) is 0. The molecule has 0 aliphatic rings. The molecule has 0 aromatic rings. The zero-order valence-electron chi connectivity index (χ0n) is 3.97. The van der Waals surface area contributed by atoms with Gasteiger partial charge in [0.1, 0.15) is 0 Å². The Morgan fingerprint density at radius 3 is 2.00 bits per heavy atom. The molecule has 18 valence electrons. The van der Waals surface area contributed by atoms with Crippen LogP contribution >= 0.6 is 8.69 Å². The van der Waals surface area contributed by atoms with E-state index in [9.17, 15) is 0 Å². The minimum atomic E-state index is -1.08. The molecule has 0 bridgehead atoms. The van der Waals surface area contributed by atoms with Crippen LogP contribution in [-0.4, -0.2) is 37.7 Å². The minimum absolute atomic E-state index is 0. The van der Waals surface area contributed by atoms with E-state index in [1.54, 1.807) is 0 Å². The first-order chi connectivity index (χ1) is 1.41. The van der Waals surface area contributed by atoms with Crippen molar-refractivity contribution < 1.29 is 12.3 Å². The fourth-order valence-corrected chi connectivity index (χ4v) is 0. The van der Waals surface area contributed by atoms with Gasteiger partial charge in [-0.25, -0.2) is 0 Å². The molecule has 4 heavy (non-hydrogen) atoms. The first kappa shape index (κ1) is 9.01. The van der Waals surface area contributed by atoms with E-state index in [1.807, 2.05) is 0 Å².